The van der Waals surface area contributed by atoms with E-state index in [1.807, 2.05) is 98.8 Å². The zero-order valence-electron chi connectivity index (χ0n) is 32.0. The van der Waals surface area contributed by atoms with E-state index < -0.39 is 18.2 Å². The maximum Gasteiger partial charge on any atom is 1.00 e. The van der Waals surface area contributed by atoms with E-state index in [1.54, 1.807) is 26.0 Å². The molecule has 0 saturated heterocycles. The number of hydrogen-bond acceptors (Lipinski definition) is 11. The monoisotopic (exact) mass is 774 g/mol. The molecule has 0 spiro atoms. The molecule has 2 N–H and O–H groups in total. The molecule has 0 aliphatic carbocycles. The van der Waals surface area contributed by atoms with E-state index in [9.17, 15) is 19.5 Å². The summed E-state index contributed by atoms with van der Waals surface area (Å²) in [6.45, 7) is 8.26. The van der Waals surface area contributed by atoms with Crippen LogP contribution in [-0.4, -0.2) is 48.9 Å². The van der Waals surface area contributed by atoms with Crippen LogP contribution in [0.1, 0.15) is 57.2 Å². The van der Waals surface area contributed by atoms with Crippen LogP contribution < -0.4 is 119 Å². The first-order valence-corrected chi connectivity index (χ1v) is 15.7. The molecule has 2 aromatic heterocycles. The number of aliphatic hydroxyl groups excluding tert-OH is 2. The Labute approximate surface area is 392 Å². The van der Waals surface area contributed by atoms with Crippen LogP contribution in [0.15, 0.2) is 107 Å². The summed E-state index contributed by atoms with van der Waals surface area (Å²) in [5, 5.41) is 26.6. The minimum Gasteiger partial charge on any atom is -1.00 e. The first-order valence-electron chi connectivity index (χ1n) is 15.7. The van der Waals surface area contributed by atoms with Crippen LogP contribution in [0.5, 0.6) is 0 Å². The van der Waals surface area contributed by atoms with Gasteiger partial charge in [0.05, 0.1) is 33.2 Å². The quantitative estimate of drug-likeness (QED) is 0.0642. The van der Waals surface area contributed by atoms with Crippen LogP contribution in [0.25, 0.3) is 33.2 Å². The van der Waals surface area contributed by atoms with E-state index in [-0.39, 0.29) is 122 Å². The molecule has 2 heterocycles. The molecule has 0 fully saturated rings. The molecule has 15 heteroatoms. The molecule has 0 aliphatic rings. The summed E-state index contributed by atoms with van der Waals surface area (Å²) in [5.41, 5.74) is 4.03. The average molecular weight is 775 g/mol. The summed E-state index contributed by atoms with van der Waals surface area (Å²) in [6.07, 6.45) is -1.47. The molecule has 0 aliphatic heterocycles. The number of carbonyl (C=O) groups excluding carboxylic acids is 2. The summed E-state index contributed by atoms with van der Waals surface area (Å²) >= 11 is 0. The van der Waals surface area contributed by atoms with Crippen LogP contribution in [-0.2, 0) is 19.2 Å². The van der Waals surface area contributed by atoms with Gasteiger partial charge in [-0.2, -0.15) is 0 Å². The van der Waals surface area contributed by atoms with E-state index in [0.29, 0.717) is 44.8 Å². The molecule has 13 nitrogen and oxygen atoms in total. The summed E-state index contributed by atoms with van der Waals surface area (Å²) in [7, 11) is 1.00. The number of esters is 1. The minimum absolute atomic E-state index is 0. The maximum absolute atomic E-state index is 13.1. The molecular formula is C38H40K2N4O9. The Kier molecular flexibility index (Phi) is 21.8. The number of rotatable bonds is 6. The second kappa shape index (κ2) is 23.9. The second-order valence-corrected chi connectivity index (χ2v) is 11.0. The Morgan fingerprint density at radius 2 is 1.11 bits per heavy atom. The molecule has 0 saturated carbocycles. The van der Waals surface area contributed by atoms with E-state index >= 15 is 0 Å². The molecule has 6 rings (SSSR count). The molecule has 6 aromatic rings. The smallest absolute Gasteiger partial charge is 1.00 e. The van der Waals surface area contributed by atoms with Gasteiger partial charge in [0.25, 0.3) is 17.6 Å². The first kappa shape index (κ1) is 48.3. The summed E-state index contributed by atoms with van der Waals surface area (Å²) in [6, 6.07) is 29.6. The van der Waals surface area contributed by atoms with Crippen LogP contribution in [0, 0.1) is 13.8 Å². The number of fused-ring (bicyclic) bond motifs is 2. The zero-order chi connectivity index (χ0) is 37.7. The Bertz CT molecular complexity index is 2220. The van der Waals surface area contributed by atoms with Gasteiger partial charge in [-0.05, 0) is 75.2 Å². The standard InChI is InChI=1S/C19H18N2O3.C17H16N2O2.CH2O3.CH4O.2K.H/c1-12-8-7-11-16-17(12)19(23)21(15-9-5-4-6-10-15)18(20-16)13(2)24-14(3)22;1-11-7-6-10-14-15(11)17(21)19(16(18-14)12(2)20)13-8-4-3-5-9-13;2-1-4-3;1-2;;;/h4-11,13H,1-3H3;3-10,12,20H,1-2H3;1,3H;2H,1H3;;;/q;;;;2*+1;-1/p-1. The van der Waals surface area contributed by atoms with E-state index in [1.165, 1.54) is 16.1 Å². The molecular weight excluding hydrogens is 735 g/mol. The molecule has 4 aromatic carbocycles. The average Bonchev–Trinajstić information content (AvgIpc) is 3.13. The van der Waals surface area contributed by atoms with Gasteiger partial charge in [0.2, 0.25) is 0 Å². The van der Waals surface area contributed by atoms with Crippen molar-refractivity contribution in [1.29, 1.82) is 0 Å². The molecule has 2 atom stereocenters. The number of aromatic nitrogens is 4. The van der Waals surface area contributed by atoms with Gasteiger partial charge >= 0.3 is 109 Å². The first-order chi connectivity index (χ1) is 24.5. The third kappa shape index (κ3) is 12.4. The molecule has 268 valence electrons. The largest absolute Gasteiger partial charge is 1.00 e. The van der Waals surface area contributed by atoms with Gasteiger partial charge < -0.3 is 26.5 Å². The Balaban J connectivity index is 0.000000871. The van der Waals surface area contributed by atoms with Gasteiger partial charge in [0.1, 0.15) is 11.9 Å². The van der Waals surface area contributed by atoms with Crippen molar-refractivity contribution in [3.63, 3.8) is 0 Å². The molecule has 2 unspecified atom stereocenters. The minimum atomic E-state index is -0.831. The third-order valence-corrected chi connectivity index (χ3v) is 7.41. The fourth-order valence-corrected chi connectivity index (χ4v) is 5.33. The van der Waals surface area contributed by atoms with Crippen molar-refractivity contribution in [3.05, 3.63) is 141 Å². The number of aliphatic hydroxyl groups is 2. The van der Waals surface area contributed by atoms with E-state index in [0.717, 1.165) is 18.2 Å². The van der Waals surface area contributed by atoms with E-state index in [4.69, 9.17) is 19.9 Å². The number of carbonyl (C=O) groups is 2. The van der Waals surface area contributed by atoms with Crippen LogP contribution in [0.3, 0.4) is 0 Å². The van der Waals surface area contributed by atoms with Gasteiger partial charge in [-0.1, -0.05) is 60.7 Å². The fraction of sp³-hybridized carbons (Fsp3) is 0.211. The summed E-state index contributed by atoms with van der Waals surface area (Å²) in [4.78, 5) is 57.7. The Morgan fingerprint density at radius 1 is 0.736 bits per heavy atom. The second-order valence-electron chi connectivity index (χ2n) is 11.0. The number of benzene rings is 4. The zero-order valence-corrected chi connectivity index (χ0v) is 37.3. The normalized spacial score (nSPS) is 11.0. The van der Waals surface area contributed by atoms with Crippen molar-refractivity contribution in [3.8, 4) is 11.4 Å². The predicted molar refractivity (Wildman–Crippen MR) is 191 cm³/mol. The van der Waals surface area contributed by atoms with Gasteiger partial charge in [-0.3, -0.25) is 28.3 Å². The van der Waals surface area contributed by atoms with Crippen molar-refractivity contribution >= 4 is 34.2 Å². The number of aryl methyl sites for hydroxylation is 2. The van der Waals surface area contributed by atoms with Crippen molar-refractivity contribution in [2.75, 3.05) is 7.11 Å². The maximum atomic E-state index is 13.1. The van der Waals surface area contributed by atoms with Crippen molar-refractivity contribution in [1.82, 2.24) is 19.1 Å². The van der Waals surface area contributed by atoms with Gasteiger partial charge in [0.15, 0.2) is 11.9 Å². The van der Waals surface area contributed by atoms with Gasteiger partial charge in [0, 0.05) is 14.0 Å². The Morgan fingerprint density at radius 3 is 1.47 bits per heavy atom. The van der Waals surface area contributed by atoms with Gasteiger partial charge in [-0.15, -0.1) is 0 Å². The van der Waals surface area contributed by atoms with Crippen LogP contribution in [0.4, 0.5) is 0 Å². The van der Waals surface area contributed by atoms with Crippen molar-refractivity contribution < 1.29 is 139 Å². The summed E-state index contributed by atoms with van der Waals surface area (Å²) in [5.74, 6) is 0.337. The topological polar surface area (TPSA) is 186 Å². The molecule has 0 radical (unpaired) electrons. The SMILES string of the molecule is CC(=O)OC(C)c1nc2cccc(C)c2c(=O)n1-c1ccccc1.CO.Cc1cccc2nc(C(C)O)n(-c3ccccc3)c(=O)c12.O=CO[O-].[H-].[K+].[K+]. The fourth-order valence-electron chi connectivity index (χ4n) is 5.33. The number of nitrogens with zero attached hydrogens (tertiary/aromatic N) is 4. The van der Waals surface area contributed by atoms with Crippen LogP contribution >= 0.6 is 0 Å². The number of ether oxygens (including phenoxy) is 1. The van der Waals surface area contributed by atoms with Crippen molar-refractivity contribution in [2.45, 2.75) is 46.8 Å². The van der Waals surface area contributed by atoms with Crippen LogP contribution in [0.2, 0.25) is 0 Å². The van der Waals surface area contributed by atoms with E-state index in [2.05, 4.69) is 14.9 Å². The Hall–Kier alpha value is -2.75. The molecule has 0 bridgehead atoms. The third-order valence-electron chi connectivity index (χ3n) is 7.41. The predicted octanol–water partition coefficient (Wildman–Crippen LogP) is -1.77. The number of para-hydroxylation sites is 2. The van der Waals surface area contributed by atoms with Gasteiger partial charge in [-0.25, -0.2) is 9.97 Å². The molecule has 53 heavy (non-hydrogen) atoms. The number of hydrogen-bond donors (Lipinski definition) is 2. The molecule has 0 amide bonds. The summed E-state index contributed by atoms with van der Waals surface area (Å²) < 4.78 is 8.27. The van der Waals surface area contributed by atoms with Crippen molar-refractivity contribution in [2.24, 2.45) is 0 Å².